The molecule has 0 spiro atoms. The van der Waals surface area contributed by atoms with Crippen molar-refractivity contribution in [2.75, 3.05) is 45.9 Å². The molecule has 6 nitrogen and oxygen atoms in total. The van der Waals surface area contributed by atoms with Gasteiger partial charge in [-0.2, -0.15) is 5.10 Å². The molecule has 4 rings (SSSR count). The second-order valence-electron chi connectivity index (χ2n) is 7.26. The molecule has 2 aliphatic heterocycles. The summed E-state index contributed by atoms with van der Waals surface area (Å²) < 4.78 is 5.78. The number of carbonyl (C=O) groups is 1. The van der Waals surface area contributed by atoms with Crippen molar-refractivity contribution < 1.29 is 9.53 Å². The number of benzene rings is 1. The number of ether oxygens (including phenoxy) is 1. The minimum Gasteiger partial charge on any atom is -0.379 e. The summed E-state index contributed by atoms with van der Waals surface area (Å²) in [6.07, 6.45) is 5.22. The highest BCUT2D eigenvalue weighted by Crippen LogP contribution is 2.19. The Balaban J connectivity index is 1.39. The van der Waals surface area contributed by atoms with Gasteiger partial charge in [0.1, 0.15) is 0 Å². The van der Waals surface area contributed by atoms with E-state index in [1.54, 1.807) is 0 Å². The first kappa shape index (κ1) is 16.5. The van der Waals surface area contributed by atoms with Crippen molar-refractivity contribution in [2.45, 2.75) is 19.3 Å². The Bertz CT molecular complexity index is 723. The number of carbonyl (C=O) groups excluding carboxylic acids is 1. The Morgan fingerprint density at radius 3 is 3.04 bits per heavy atom. The van der Waals surface area contributed by atoms with E-state index in [0.29, 0.717) is 25.6 Å². The molecule has 2 aliphatic rings. The maximum absolute atomic E-state index is 12.7. The van der Waals surface area contributed by atoms with Gasteiger partial charge in [0.25, 0.3) is 0 Å². The van der Waals surface area contributed by atoms with Crippen LogP contribution in [0.3, 0.4) is 0 Å². The highest BCUT2D eigenvalue weighted by Gasteiger charge is 2.25. The number of hydrogen-bond donors (Lipinski definition) is 1. The van der Waals surface area contributed by atoms with E-state index >= 15 is 0 Å². The average Bonchev–Trinajstić information content (AvgIpc) is 3.23. The van der Waals surface area contributed by atoms with E-state index in [1.165, 1.54) is 18.4 Å². The van der Waals surface area contributed by atoms with E-state index in [9.17, 15) is 4.79 Å². The van der Waals surface area contributed by atoms with Crippen LogP contribution in [0, 0.1) is 5.92 Å². The predicted octanol–water partition coefficient (Wildman–Crippen LogP) is 1.68. The lowest BCUT2D eigenvalue weighted by Gasteiger charge is -2.26. The van der Waals surface area contributed by atoms with E-state index in [0.717, 1.165) is 43.6 Å². The third-order valence-electron chi connectivity index (χ3n) is 5.28. The first-order valence-electron chi connectivity index (χ1n) is 9.28. The Labute approximate surface area is 148 Å². The summed E-state index contributed by atoms with van der Waals surface area (Å²) in [5.41, 5.74) is 2.33. The van der Waals surface area contributed by atoms with Gasteiger partial charge < -0.3 is 9.64 Å². The van der Waals surface area contributed by atoms with Crippen molar-refractivity contribution in [2.24, 2.45) is 5.92 Å². The van der Waals surface area contributed by atoms with Gasteiger partial charge in [-0.3, -0.25) is 14.8 Å². The molecule has 134 valence electrons. The van der Waals surface area contributed by atoms with Crippen LogP contribution < -0.4 is 0 Å². The van der Waals surface area contributed by atoms with Crippen LogP contribution in [0.25, 0.3) is 10.9 Å². The second-order valence-corrected chi connectivity index (χ2v) is 7.26. The van der Waals surface area contributed by atoms with E-state index in [4.69, 9.17) is 4.74 Å². The molecular weight excluding hydrogens is 316 g/mol. The Kier molecular flexibility index (Phi) is 4.99. The van der Waals surface area contributed by atoms with Crippen molar-refractivity contribution >= 4 is 16.8 Å². The van der Waals surface area contributed by atoms with Gasteiger partial charge in [0, 0.05) is 24.4 Å². The number of rotatable bonds is 4. The Morgan fingerprint density at radius 2 is 2.16 bits per heavy atom. The highest BCUT2D eigenvalue weighted by molar-refractivity contribution is 5.79. The van der Waals surface area contributed by atoms with Gasteiger partial charge >= 0.3 is 0 Å². The molecular formula is C19H26N4O2. The molecule has 0 aliphatic carbocycles. The summed E-state index contributed by atoms with van der Waals surface area (Å²) in [6.45, 7) is 5.54. The summed E-state index contributed by atoms with van der Waals surface area (Å²) in [5, 5.41) is 8.20. The van der Waals surface area contributed by atoms with Crippen LogP contribution in [0.5, 0.6) is 0 Å². The molecule has 1 aromatic carbocycles. The number of aromatic nitrogens is 2. The van der Waals surface area contributed by atoms with Crippen LogP contribution in [0.15, 0.2) is 24.4 Å². The molecule has 0 saturated carbocycles. The van der Waals surface area contributed by atoms with Crippen molar-refractivity contribution in [3.05, 3.63) is 30.0 Å². The van der Waals surface area contributed by atoms with E-state index in [1.807, 2.05) is 11.1 Å². The molecule has 0 radical (unpaired) electrons. The van der Waals surface area contributed by atoms with Crippen LogP contribution >= 0.6 is 0 Å². The first-order chi connectivity index (χ1) is 12.3. The van der Waals surface area contributed by atoms with E-state index in [-0.39, 0.29) is 5.91 Å². The lowest BCUT2D eigenvalue weighted by molar-refractivity contribution is -0.132. The molecule has 0 bridgehead atoms. The minimum atomic E-state index is 0.252. The van der Waals surface area contributed by atoms with E-state index < -0.39 is 0 Å². The lowest BCUT2D eigenvalue weighted by Crippen LogP contribution is -2.42. The average molecular weight is 342 g/mol. The van der Waals surface area contributed by atoms with Gasteiger partial charge in [-0.1, -0.05) is 6.07 Å². The predicted molar refractivity (Wildman–Crippen MR) is 96.4 cm³/mol. The summed E-state index contributed by atoms with van der Waals surface area (Å²) in [7, 11) is 0. The fraction of sp³-hybridized carbons (Fsp3) is 0.579. The maximum Gasteiger partial charge on any atom is 0.236 e. The van der Waals surface area contributed by atoms with E-state index in [2.05, 4.69) is 33.3 Å². The smallest absolute Gasteiger partial charge is 0.236 e. The number of nitrogens with zero attached hydrogens (tertiary/aromatic N) is 3. The zero-order valence-electron chi connectivity index (χ0n) is 14.6. The molecule has 1 N–H and O–H groups in total. The molecule has 1 atom stereocenters. The number of nitrogens with one attached hydrogen (secondary N) is 1. The van der Waals surface area contributed by atoms with Crippen molar-refractivity contribution in [3.8, 4) is 0 Å². The number of hydrogen-bond acceptors (Lipinski definition) is 4. The molecule has 1 aromatic heterocycles. The summed E-state index contributed by atoms with van der Waals surface area (Å²) in [4.78, 5) is 16.9. The second kappa shape index (κ2) is 7.54. The normalized spacial score (nSPS) is 22.4. The molecule has 2 saturated heterocycles. The highest BCUT2D eigenvalue weighted by atomic mass is 16.5. The Morgan fingerprint density at radius 1 is 1.28 bits per heavy atom. The molecule has 1 amide bonds. The molecule has 0 unspecified atom stereocenters. The maximum atomic E-state index is 12.7. The molecule has 25 heavy (non-hydrogen) atoms. The summed E-state index contributed by atoms with van der Waals surface area (Å²) >= 11 is 0. The zero-order chi connectivity index (χ0) is 17.1. The third kappa shape index (κ3) is 4.02. The minimum absolute atomic E-state index is 0.252. The first-order valence-corrected chi connectivity index (χ1v) is 9.28. The number of aromatic amines is 1. The van der Waals surface area contributed by atoms with Gasteiger partial charge in [0.2, 0.25) is 5.91 Å². The van der Waals surface area contributed by atoms with Crippen LogP contribution in [-0.4, -0.2) is 71.8 Å². The van der Waals surface area contributed by atoms with Gasteiger partial charge in [0.05, 0.1) is 31.5 Å². The van der Waals surface area contributed by atoms with Gasteiger partial charge in [-0.25, -0.2) is 0 Å². The number of H-pyrrole nitrogens is 1. The zero-order valence-corrected chi connectivity index (χ0v) is 14.6. The topological polar surface area (TPSA) is 61.5 Å². The number of likely N-dealkylation sites (tertiary alicyclic amines) is 1. The van der Waals surface area contributed by atoms with Crippen LogP contribution in [0.2, 0.25) is 0 Å². The molecule has 2 fully saturated rings. The Hall–Kier alpha value is -1.92. The van der Waals surface area contributed by atoms with Crippen LogP contribution in [0.1, 0.15) is 18.4 Å². The number of fused-ring (bicyclic) bond motifs is 1. The summed E-state index contributed by atoms with van der Waals surface area (Å²) in [6, 6.07) is 6.40. The monoisotopic (exact) mass is 342 g/mol. The lowest BCUT2D eigenvalue weighted by atomic mass is 9.98. The van der Waals surface area contributed by atoms with Crippen molar-refractivity contribution in [1.29, 1.82) is 0 Å². The van der Waals surface area contributed by atoms with Gasteiger partial charge in [-0.15, -0.1) is 0 Å². The SMILES string of the molecule is O=C(CN1CCCC1)N1CCOC[C@H](Cc2ccc3[nH]ncc3c2)C1. The third-order valence-corrected chi connectivity index (χ3v) is 5.28. The molecule has 6 heteroatoms. The largest absolute Gasteiger partial charge is 0.379 e. The fourth-order valence-electron chi connectivity index (χ4n) is 3.91. The van der Waals surface area contributed by atoms with Crippen LogP contribution in [0.4, 0.5) is 0 Å². The van der Waals surface area contributed by atoms with Gasteiger partial charge in [-0.05, 0) is 50.0 Å². The van der Waals surface area contributed by atoms with Crippen molar-refractivity contribution in [3.63, 3.8) is 0 Å². The standard InChI is InChI=1S/C19H26N4O2/c24-19(13-22-5-1-2-6-22)23-7-8-25-14-16(12-23)9-15-3-4-18-17(10-15)11-20-21-18/h3-4,10-11,16H,1-2,5-9,12-14H2,(H,20,21)/t16-/m1/s1. The molecule has 2 aromatic rings. The van der Waals surface area contributed by atoms with Gasteiger partial charge in [0.15, 0.2) is 0 Å². The molecule has 3 heterocycles. The van der Waals surface area contributed by atoms with Crippen molar-refractivity contribution in [1.82, 2.24) is 20.0 Å². The summed E-state index contributed by atoms with van der Waals surface area (Å²) in [5.74, 6) is 0.595. The quantitative estimate of drug-likeness (QED) is 0.918. The van der Waals surface area contributed by atoms with Crippen LogP contribution in [-0.2, 0) is 16.0 Å². The number of amides is 1. The fourth-order valence-corrected chi connectivity index (χ4v) is 3.91.